The summed E-state index contributed by atoms with van der Waals surface area (Å²) >= 11 is 1.75. The van der Waals surface area contributed by atoms with Crippen LogP contribution in [0.3, 0.4) is 0 Å². The molecule has 7 aliphatic heterocycles. The molecule has 0 bridgehead atoms. The van der Waals surface area contributed by atoms with E-state index < -0.39 is 27.7 Å². The maximum absolute atomic E-state index is 13.2. The molecule has 0 spiro atoms. The number of carbonyl (C=O) groups is 1. The normalized spacial score (nSPS) is 14.1. The second kappa shape index (κ2) is 44.2. The van der Waals surface area contributed by atoms with Crippen molar-refractivity contribution in [2.75, 3.05) is 158 Å². The molecule has 0 radical (unpaired) electrons. The first-order valence-electron chi connectivity index (χ1n) is 43.5. The number of anilines is 8. The van der Waals surface area contributed by atoms with Gasteiger partial charge in [-0.05, 0) is 140 Å². The van der Waals surface area contributed by atoms with Crippen LogP contribution in [0.5, 0.6) is 40.2 Å². The van der Waals surface area contributed by atoms with Crippen LogP contribution in [0.25, 0.3) is 11.3 Å². The first kappa shape index (κ1) is 93.5. The van der Waals surface area contributed by atoms with Crippen LogP contribution in [0, 0.1) is 17.1 Å². The van der Waals surface area contributed by atoms with Crippen molar-refractivity contribution in [2.24, 2.45) is 0 Å². The number of nitriles is 1. The van der Waals surface area contributed by atoms with E-state index in [1.54, 1.807) is 118 Å². The van der Waals surface area contributed by atoms with E-state index in [-0.39, 0.29) is 5.82 Å². The summed E-state index contributed by atoms with van der Waals surface area (Å²) in [5.41, 5.74) is 16.4. The van der Waals surface area contributed by atoms with E-state index in [1.807, 2.05) is 72.2 Å². The summed E-state index contributed by atoms with van der Waals surface area (Å²) in [6.45, 7) is 14.6. The molecule has 0 atom stereocenters. The molecule has 0 unspecified atom stereocenters. The number of alkyl halides is 3. The Morgan fingerprint density at radius 1 is 0.434 bits per heavy atom. The standard InChI is InChI=1S/C16H16N4O.C15H18N4O3.C13H12F3N3O.C13H12N4O.C13H15N3O3S.C13H15N3OS.C12H12FN3O/c1-2-14(18-5-1)12-3-4-16-15(8-12)20(6-7-21-16)10-13-9-17-11-19-13;1-18(15(20)21-2)12-3-4-14-13(7-12)19(5-6-22-14)9-11-8-16-10-17-11;14-13(15,16)9-1-2-12-11(5-9)19(3-4-20-12)7-10-6-17-8-18-10;14-6-10-1-2-13-12(5-10)17(3-4-18-13)8-11-7-15-9-16-11;1-20(17,18)11-2-3-13-12(6-11)16(4-5-19-13)8-10-7-14-9-15-10;1-18-11-2-3-13-12(6-11)16(4-5-17-13)8-10-7-14-9-15-10;13-9-1-2-12-11(5-9)16(3-4-17-12)7-10-6-14-8-15-10/h1-5,8-9,11,18H,6-7,10H2,(H,17,19);3-4,7-8,10H,5-6,9H2,1-2H3,(H,16,17);1-2,5-6,8H,3-4,7H2,(H,17,18);1-2,5,7,9H,3-4,8H2,(H,15,16);2-3,6-7,9H,4-5,8H2,1H3,(H,14,15);2-3,6-7,9H,4-5,8H2,1H3,(H,14,15);1-2,5-6,8H,3-4,7H2,(H,14,15). The van der Waals surface area contributed by atoms with Gasteiger partial charge < -0.3 is 112 Å². The number of aromatic amines is 8. The van der Waals surface area contributed by atoms with Gasteiger partial charge in [0.05, 0.1) is 245 Å². The Morgan fingerprint density at radius 2 is 0.772 bits per heavy atom. The molecule has 0 aliphatic carbocycles. The Hall–Kier alpha value is -15.7. The number of hydrogen-bond acceptors (Lipinski definition) is 27. The topological polar surface area (TPSA) is 391 Å². The number of rotatable bonds is 18. The monoisotopic (exact) mass is 1890 g/mol. The van der Waals surface area contributed by atoms with Crippen LogP contribution in [0.1, 0.15) is 51.0 Å². The summed E-state index contributed by atoms with van der Waals surface area (Å²) in [4.78, 5) is 82.6. The van der Waals surface area contributed by atoms with Crippen molar-refractivity contribution in [2.45, 2.75) is 61.8 Å². The van der Waals surface area contributed by atoms with Gasteiger partial charge in [0, 0.05) is 90.8 Å². The number of nitrogens with one attached hydrogen (secondary N) is 8. The molecule has 15 aromatic rings. The minimum Gasteiger partial charge on any atom is -0.490 e. The first-order chi connectivity index (χ1) is 66.2. The molecule has 35 nitrogen and oxygen atoms in total. The van der Waals surface area contributed by atoms with Crippen LogP contribution in [0.2, 0.25) is 0 Å². The predicted octanol–water partition coefficient (Wildman–Crippen LogP) is 15.0. The Kier molecular flexibility index (Phi) is 30.4. The third-order valence-electron chi connectivity index (χ3n) is 22.6. The van der Waals surface area contributed by atoms with Gasteiger partial charge >= 0.3 is 12.3 Å². The molecule has 8 N–H and O–H groups in total. The number of hydrogen-bond donors (Lipinski definition) is 8. The number of benzene rings is 7. The summed E-state index contributed by atoms with van der Waals surface area (Å²) in [5, 5.41) is 8.96. The van der Waals surface area contributed by atoms with Crippen molar-refractivity contribution >= 4 is 73.2 Å². The van der Waals surface area contributed by atoms with Crippen LogP contribution in [0.4, 0.5) is 67.9 Å². The average Bonchev–Trinajstić information content (AvgIpc) is 0.886. The van der Waals surface area contributed by atoms with Crippen molar-refractivity contribution in [3.8, 4) is 57.6 Å². The lowest BCUT2D eigenvalue weighted by Gasteiger charge is -2.31. The Morgan fingerprint density at radius 3 is 1.13 bits per heavy atom. The molecule has 7 aromatic carbocycles. The van der Waals surface area contributed by atoms with Crippen molar-refractivity contribution in [3.05, 3.63) is 290 Å². The highest BCUT2D eigenvalue weighted by Gasteiger charge is 2.34. The number of amides is 1. The molecular formula is C95H100F4N24O11S2. The predicted molar refractivity (Wildman–Crippen MR) is 506 cm³/mol. The molecule has 0 saturated carbocycles. The van der Waals surface area contributed by atoms with Crippen LogP contribution in [-0.2, 0) is 66.6 Å². The van der Waals surface area contributed by atoms with E-state index in [0.29, 0.717) is 107 Å². The van der Waals surface area contributed by atoms with Gasteiger partial charge in [-0.15, -0.1) is 11.8 Å². The number of ether oxygens (including phenoxy) is 8. The minimum absolute atomic E-state index is 0.246. The number of thioether (sulfide) groups is 1. The number of sulfone groups is 1. The number of aromatic nitrogens is 15. The van der Waals surface area contributed by atoms with E-state index >= 15 is 0 Å². The summed E-state index contributed by atoms with van der Waals surface area (Å²) in [7, 11) is -0.181. The Balaban J connectivity index is 0.000000115. The third-order valence-corrected chi connectivity index (χ3v) is 24.4. The molecule has 706 valence electrons. The largest absolute Gasteiger partial charge is 0.490 e. The van der Waals surface area contributed by atoms with Crippen LogP contribution >= 0.6 is 11.8 Å². The minimum atomic E-state index is -4.36. The van der Waals surface area contributed by atoms with Crippen molar-refractivity contribution < 1.29 is 68.7 Å². The second-order valence-electron chi connectivity index (χ2n) is 31.7. The molecule has 1 amide bonds. The summed E-state index contributed by atoms with van der Waals surface area (Å²) in [6, 6.07) is 43.1. The van der Waals surface area contributed by atoms with Gasteiger partial charge in [0.15, 0.2) is 9.84 Å². The van der Waals surface area contributed by atoms with Gasteiger partial charge in [0.25, 0.3) is 0 Å². The molecule has 0 saturated heterocycles. The quantitative estimate of drug-likeness (QED) is 0.0292. The summed E-state index contributed by atoms with van der Waals surface area (Å²) in [5.74, 6) is 5.23. The summed E-state index contributed by atoms with van der Waals surface area (Å²) in [6.07, 6.45) is 24.6. The van der Waals surface area contributed by atoms with Crippen LogP contribution < -0.4 is 72.4 Å². The van der Waals surface area contributed by atoms with Crippen molar-refractivity contribution in [1.29, 1.82) is 5.26 Å². The molecule has 8 aromatic heterocycles. The second-order valence-corrected chi connectivity index (χ2v) is 34.6. The molecular weight excluding hydrogens is 1790 g/mol. The molecule has 0 fully saturated rings. The fourth-order valence-electron chi connectivity index (χ4n) is 15.7. The van der Waals surface area contributed by atoms with Gasteiger partial charge in [-0.2, -0.15) is 18.4 Å². The number of methoxy groups -OCH3 is 1. The zero-order valence-corrected chi connectivity index (χ0v) is 76.4. The van der Waals surface area contributed by atoms with Gasteiger partial charge in [-0.25, -0.2) is 52.5 Å². The van der Waals surface area contributed by atoms with E-state index in [0.717, 1.165) is 180 Å². The number of imidazole rings is 7. The van der Waals surface area contributed by atoms with E-state index in [9.17, 15) is 30.8 Å². The smallest absolute Gasteiger partial charge is 0.416 e. The molecule has 41 heteroatoms. The third kappa shape index (κ3) is 24.2. The van der Waals surface area contributed by atoms with Gasteiger partial charge in [0.1, 0.15) is 92.3 Å². The molecule has 136 heavy (non-hydrogen) atoms. The van der Waals surface area contributed by atoms with E-state index in [4.69, 9.17) is 43.2 Å². The highest BCUT2D eigenvalue weighted by Crippen LogP contribution is 2.43. The number of fused-ring (bicyclic) bond motifs is 7. The lowest BCUT2D eigenvalue weighted by molar-refractivity contribution is -0.137. The van der Waals surface area contributed by atoms with Gasteiger partial charge in [-0.1, -0.05) is 0 Å². The van der Waals surface area contributed by atoms with E-state index in [1.165, 1.54) is 52.6 Å². The highest BCUT2D eigenvalue weighted by molar-refractivity contribution is 7.98. The van der Waals surface area contributed by atoms with Crippen LogP contribution in [-0.4, -0.2) is 208 Å². The number of nitrogens with zero attached hydrogens (tertiary/aromatic N) is 16. The SMILES string of the molecule is COC(=O)N(C)c1ccc2c(c1)N(Cc1cnc[nH]1)CCO2.CS(=O)(=O)c1ccc2c(c1)N(Cc1cnc[nH]1)CCO2.CSc1ccc2c(c1)N(Cc1cnc[nH]1)CCO2.FC(F)(F)c1ccc2c(c1)N(Cc1cnc[nH]1)CCO2.Fc1ccc2c(c1)N(Cc1cnc[nH]1)CCO2.N#Cc1ccc2c(c1)N(Cc1cnc[nH]1)CCO2.c1c[nH]c(-c2ccc3c(c2)N(Cc2cnc[nH]2)CCO3)c1. The zero-order valence-electron chi connectivity index (χ0n) is 74.8. The maximum atomic E-state index is 13.2. The zero-order chi connectivity index (χ0) is 94.3. The first-order valence-corrected chi connectivity index (χ1v) is 46.6. The van der Waals surface area contributed by atoms with Crippen molar-refractivity contribution in [1.82, 2.24) is 74.8 Å². The average molecular weight is 1890 g/mol. The lowest BCUT2D eigenvalue weighted by Crippen LogP contribution is -2.33. The molecule has 7 aliphatic rings. The number of H-pyrrole nitrogens is 8. The maximum Gasteiger partial charge on any atom is 0.416 e. The van der Waals surface area contributed by atoms with Crippen molar-refractivity contribution in [3.63, 3.8) is 0 Å². The van der Waals surface area contributed by atoms with Gasteiger partial charge in [-0.3, -0.25) is 4.90 Å². The highest BCUT2D eigenvalue weighted by atomic mass is 32.2. The van der Waals surface area contributed by atoms with Gasteiger partial charge in [0.2, 0.25) is 0 Å². The lowest BCUT2D eigenvalue weighted by atomic mass is 10.1. The fraction of sp³-hybridized carbons (Fsp3) is 0.274. The fourth-order valence-corrected chi connectivity index (χ4v) is 16.8. The summed E-state index contributed by atoms with van der Waals surface area (Å²) < 4.78 is 119. The molecule has 22 rings (SSSR count). The number of halogens is 4. The molecule has 15 heterocycles. The number of carbonyl (C=O) groups excluding carboxylic acids is 1. The van der Waals surface area contributed by atoms with Crippen LogP contribution in [0.15, 0.2) is 243 Å². The Labute approximate surface area is 785 Å². The Bertz CT molecular complexity index is 6500. The van der Waals surface area contributed by atoms with E-state index in [2.05, 4.69) is 153 Å².